The number of hydrogen-bond donors (Lipinski definition) is 1. The van der Waals surface area contributed by atoms with Gasteiger partial charge in [0.25, 0.3) is 0 Å². The van der Waals surface area contributed by atoms with Crippen molar-refractivity contribution in [3.05, 3.63) is 46.2 Å². The SMILES string of the molecule is N#Cc1cc(S(=O)(=O)NCCc2cscn2)ccc1F. The largest absolute Gasteiger partial charge is 0.250 e. The van der Waals surface area contributed by atoms with Crippen LogP contribution in [0.4, 0.5) is 4.39 Å². The Morgan fingerprint density at radius 3 is 2.90 bits per heavy atom. The van der Waals surface area contributed by atoms with E-state index in [4.69, 9.17) is 5.26 Å². The summed E-state index contributed by atoms with van der Waals surface area (Å²) in [5, 5.41) is 10.5. The summed E-state index contributed by atoms with van der Waals surface area (Å²) in [5.74, 6) is -0.742. The van der Waals surface area contributed by atoms with Crippen LogP contribution in [0.2, 0.25) is 0 Å². The lowest BCUT2D eigenvalue weighted by Gasteiger charge is -2.06. The molecule has 5 nitrogen and oxygen atoms in total. The second-order valence-electron chi connectivity index (χ2n) is 3.88. The van der Waals surface area contributed by atoms with E-state index in [-0.39, 0.29) is 17.0 Å². The fourth-order valence-corrected chi connectivity index (χ4v) is 3.17. The van der Waals surface area contributed by atoms with Gasteiger partial charge in [-0.15, -0.1) is 11.3 Å². The smallest absolute Gasteiger partial charge is 0.240 e. The normalized spacial score (nSPS) is 11.2. The highest BCUT2D eigenvalue weighted by Crippen LogP contribution is 2.14. The van der Waals surface area contributed by atoms with Crippen molar-refractivity contribution < 1.29 is 12.8 Å². The average molecular weight is 311 g/mol. The van der Waals surface area contributed by atoms with Crippen LogP contribution in [-0.4, -0.2) is 19.9 Å². The van der Waals surface area contributed by atoms with Gasteiger partial charge in [-0.1, -0.05) is 0 Å². The van der Waals surface area contributed by atoms with Gasteiger partial charge in [0.15, 0.2) is 0 Å². The van der Waals surface area contributed by atoms with E-state index in [1.807, 2.05) is 5.38 Å². The van der Waals surface area contributed by atoms with Crippen LogP contribution in [0.15, 0.2) is 34.0 Å². The molecule has 0 fully saturated rings. The summed E-state index contributed by atoms with van der Waals surface area (Å²) < 4.78 is 39.5. The molecule has 0 aliphatic rings. The van der Waals surface area contributed by atoms with Gasteiger partial charge >= 0.3 is 0 Å². The molecule has 2 rings (SSSR count). The van der Waals surface area contributed by atoms with E-state index in [9.17, 15) is 12.8 Å². The van der Waals surface area contributed by atoms with Crippen LogP contribution < -0.4 is 4.72 Å². The quantitative estimate of drug-likeness (QED) is 0.910. The van der Waals surface area contributed by atoms with Crippen LogP contribution in [0.5, 0.6) is 0 Å². The number of hydrogen-bond acceptors (Lipinski definition) is 5. The van der Waals surface area contributed by atoms with E-state index in [0.717, 1.165) is 23.9 Å². The molecule has 8 heteroatoms. The molecule has 0 spiro atoms. The minimum absolute atomic E-state index is 0.131. The number of nitrogens with one attached hydrogen (secondary N) is 1. The maximum absolute atomic E-state index is 13.2. The first-order valence-corrected chi connectivity index (χ1v) is 8.02. The van der Waals surface area contributed by atoms with Gasteiger partial charge in [-0.3, -0.25) is 0 Å². The highest BCUT2D eigenvalue weighted by Gasteiger charge is 2.15. The van der Waals surface area contributed by atoms with E-state index < -0.39 is 15.8 Å². The van der Waals surface area contributed by atoms with E-state index in [0.29, 0.717) is 6.42 Å². The van der Waals surface area contributed by atoms with Crippen LogP contribution in [0, 0.1) is 17.1 Å². The average Bonchev–Trinajstić information content (AvgIpc) is 2.92. The fourth-order valence-electron chi connectivity index (χ4n) is 1.52. The van der Waals surface area contributed by atoms with Gasteiger partial charge in [0, 0.05) is 18.3 Å². The van der Waals surface area contributed by atoms with Crippen molar-refractivity contribution in [2.75, 3.05) is 6.54 Å². The Morgan fingerprint density at radius 2 is 2.25 bits per heavy atom. The molecule has 1 N–H and O–H groups in total. The van der Waals surface area contributed by atoms with E-state index >= 15 is 0 Å². The lowest BCUT2D eigenvalue weighted by atomic mass is 10.2. The van der Waals surface area contributed by atoms with Crippen LogP contribution in [0.3, 0.4) is 0 Å². The molecular formula is C12H10FN3O2S2. The number of benzene rings is 1. The molecule has 0 aliphatic carbocycles. The zero-order valence-corrected chi connectivity index (χ0v) is 11.8. The first-order chi connectivity index (χ1) is 9.53. The molecule has 20 heavy (non-hydrogen) atoms. The van der Waals surface area contributed by atoms with Crippen LogP contribution >= 0.6 is 11.3 Å². The number of halogens is 1. The first kappa shape index (κ1) is 14.6. The molecular weight excluding hydrogens is 301 g/mol. The van der Waals surface area contributed by atoms with Crippen molar-refractivity contribution in [1.29, 1.82) is 5.26 Å². The van der Waals surface area contributed by atoms with Gasteiger partial charge in [-0.2, -0.15) is 5.26 Å². The van der Waals surface area contributed by atoms with Crippen LogP contribution in [0.25, 0.3) is 0 Å². The lowest BCUT2D eigenvalue weighted by Crippen LogP contribution is -2.26. The Morgan fingerprint density at radius 1 is 1.45 bits per heavy atom. The monoisotopic (exact) mass is 311 g/mol. The lowest BCUT2D eigenvalue weighted by molar-refractivity contribution is 0.580. The molecule has 1 aromatic heterocycles. The molecule has 0 atom stereocenters. The fraction of sp³-hybridized carbons (Fsp3) is 0.167. The van der Waals surface area contributed by atoms with Gasteiger partial charge in [0.05, 0.1) is 21.7 Å². The Hall–Kier alpha value is -1.82. The van der Waals surface area contributed by atoms with Gasteiger partial charge in [-0.05, 0) is 18.2 Å². The van der Waals surface area contributed by atoms with Gasteiger partial charge < -0.3 is 0 Å². The summed E-state index contributed by atoms with van der Waals surface area (Å²) in [6, 6.07) is 4.72. The topological polar surface area (TPSA) is 82.8 Å². The van der Waals surface area contributed by atoms with E-state index in [2.05, 4.69) is 9.71 Å². The van der Waals surface area contributed by atoms with Gasteiger partial charge in [-0.25, -0.2) is 22.5 Å². The Kier molecular flexibility index (Phi) is 4.44. The highest BCUT2D eigenvalue weighted by molar-refractivity contribution is 7.89. The van der Waals surface area contributed by atoms with Crippen molar-refractivity contribution in [1.82, 2.24) is 9.71 Å². The molecule has 0 aliphatic heterocycles. The van der Waals surface area contributed by atoms with E-state index in [1.165, 1.54) is 11.3 Å². The van der Waals surface area contributed by atoms with Crippen molar-refractivity contribution in [3.8, 4) is 6.07 Å². The van der Waals surface area contributed by atoms with Gasteiger partial charge in [0.2, 0.25) is 10.0 Å². The minimum Gasteiger partial charge on any atom is -0.250 e. The third-order valence-electron chi connectivity index (χ3n) is 2.53. The minimum atomic E-state index is -3.76. The van der Waals surface area contributed by atoms with E-state index in [1.54, 1.807) is 11.6 Å². The second-order valence-corrected chi connectivity index (χ2v) is 6.37. The standard InChI is InChI=1S/C12H10FN3O2S2/c13-12-2-1-11(5-9(12)6-14)20(17,18)16-4-3-10-7-19-8-15-10/h1-2,5,7-8,16H,3-4H2. The summed E-state index contributed by atoms with van der Waals surface area (Å²) in [5.41, 5.74) is 2.17. The molecule has 0 bridgehead atoms. The van der Waals surface area contributed by atoms with Crippen molar-refractivity contribution in [2.24, 2.45) is 0 Å². The number of thiazole rings is 1. The summed E-state index contributed by atoms with van der Waals surface area (Å²) in [7, 11) is -3.76. The summed E-state index contributed by atoms with van der Waals surface area (Å²) in [6.45, 7) is 0.186. The molecule has 0 unspecified atom stereocenters. The predicted molar refractivity (Wildman–Crippen MR) is 72.1 cm³/mol. The number of rotatable bonds is 5. The first-order valence-electron chi connectivity index (χ1n) is 5.59. The Balaban J connectivity index is 2.08. The van der Waals surface area contributed by atoms with Crippen molar-refractivity contribution >= 4 is 21.4 Å². The maximum Gasteiger partial charge on any atom is 0.240 e. The number of nitrogens with zero attached hydrogens (tertiary/aromatic N) is 2. The summed E-state index contributed by atoms with van der Waals surface area (Å²) in [4.78, 5) is 3.91. The predicted octanol–water partition coefficient (Wildman–Crippen LogP) is 1.67. The number of aromatic nitrogens is 1. The van der Waals surface area contributed by atoms with Gasteiger partial charge in [0.1, 0.15) is 11.9 Å². The second kappa shape index (κ2) is 6.09. The Labute approximate surface area is 119 Å². The third kappa shape index (κ3) is 3.39. The Bertz CT molecular complexity index is 737. The van der Waals surface area contributed by atoms with Crippen LogP contribution in [-0.2, 0) is 16.4 Å². The summed E-state index contributed by atoms with van der Waals surface area (Å²) >= 11 is 1.43. The zero-order chi connectivity index (χ0) is 14.6. The number of sulfonamides is 1. The van der Waals surface area contributed by atoms with Crippen LogP contribution in [0.1, 0.15) is 11.3 Å². The molecule has 1 heterocycles. The van der Waals surface area contributed by atoms with Crippen molar-refractivity contribution in [2.45, 2.75) is 11.3 Å². The molecule has 0 saturated carbocycles. The number of nitriles is 1. The molecule has 104 valence electrons. The molecule has 1 aromatic carbocycles. The van der Waals surface area contributed by atoms with Crippen molar-refractivity contribution in [3.63, 3.8) is 0 Å². The zero-order valence-electron chi connectivity index (χ0n) is 10.2. The molecule has 0 amide bonds. The maximum atomic E-state index is 13.2. The molecule has 2 aromatic rings. The summed E-state index contributed by atoms with van der Waals surface area (Å²) in [6.07, 6.45) is 0.467. The highest BCUT2D eigenvalue weighted by atomic mass is 32.2. The molecule has 0 saturated heterocycles. The third-order valence-corrected chi connectivity index (χ3v) is 4.62. The molecule has 0 radical (unpaired) electrons.